The van der Waals surface area contributed by atoms with Gasteiger partial charge in [0.25, 0.3) is 11.8 Å². The summed E-state index contributed by atoms with van der Waals surface area (Å²) < 4.78 is 2.55. The van der Waals surface area contributed by atoms with E-state index in [9.17, 15) is 9.59 Å². The summed E-state index contributed by atoms with van der Waals surface area (Å²) in [6, 6.07) is 18.2. The maximum atomic E-state index is 12.7. The van der Waals surface area contributed by atoms with E-state index < -0.39 is 0 Å². The Morgan fingerprint density at radius 2 is 1.80 bits per heavy atom. The molecule has 2 amide bonds. The Labute approximate surface area is 185 Å². The van der Waals surface area contributed by atoms with Crippen molar-refractivity contribution in [1.82, 2.24) is 15.1 Å². The third-order valence-electron chi connectivity index (χ3n) is 4.36. The minimum Gasteiger partial charge on any atom is -0.347 e. The number of hydrogen-bond acceptors (Lipinski definition) is 4. The fourth-order valence-corrected chi connectivity index (χ4v) is 3.78. The number of rotatable bonds is 6. The molecule has 0 saturated heterocycles. The van der Waals surface area contributed by atoms with Gasteiger partial charge < -0.3 is 10.6 Å². The van der Waals surface area contributed by atoms with Gasteiger partial charge in [0.2, 0.25) is 0 Å². The Balaban J connectivity index is 1.42. The first-order chi connectivity index (χ1) is 14.6. The predicted molar refractivity (Wildman–Crippen MR) is 121 cm³/mol. The van der Waals surface area contributed by atoms with Gasteiger partial charge in [0.05, 0.1) is 26.9 Å². The molecule has 0 saturated carbocycles. The molecule has 0 aliphatic rings. The van der Waals surface area contributed by atoms with Crippen LogP contribution in [0.15, 0.2) is 82.9 Å². The smallest absolute Gasteiger partial charge is 0.261 e. The summed E-state index contributed by atoms with van der Waals surface area (Å²) in [5, 5.41) is 12.0. The highest BCUT2D eigenvalue weighted by Gasteiger charge is 2.11. The summed E-state index contributed by atoms with van der Waals surface area (Å²) in [5.41, 5.74) is 2.87. The number of amides is 2. The van der Waals surface area contributed by atoms with E-state index in [1.54, 1.807) is 29.1 Å². The average molecular weight is 481 g/mol. The number of nitrogens with one attached hydrogen (secondary N) is 2. The lowest BCUT2D eigenvalue weighted by atomic mass is 10.1. The molecule has 2 N–H and O–H groups in total. The molecular formula is C22H17BrN4O2S. The average Bonchev–Trinajstić information content (AvgIpc) is 3.45. The van der Waals surface area contributed by atoms with Gasteiger partial charge in [0, 0.05) is 18.3 Å². The molecule has 0 unspecified atom stereocenters. The van der Waals surface area contributed by atoms with Crippen molar-refractivity contribution in [2.45, 2.75) is 6.54 Å². The molecule has 0 spiro atoms. The molecular weight excluding hydrogens is 464 g/mol. The number of benzene rings is 2. The second-order valence-electron chi connectivity index (χ2n) is 6.43. The molecule has 150 valence electrons. The number of carbonyl (C=O) groups excluding carboxylic acids is 2. The van der Waals surface area contributed by atoms with Gasteiger partial charge in [-0.2, -0.15) is 5.10 Å². The van der Waals surface area contributed by atoms with Gasteiger partial charge in [0.15, 0.2) is 0 Å². The van der Waals surface area contributed by atoms with Crippen LogP contribution in [0.3, 0.4) is 0 Å². The molecule has 0 aliphatic heterocycles. The molecule has 4 aromatic rings. The SMILES string of the molecule is O=C(Nc1ccccc1-n1cc(Br)cn1)c1ccc(CNC(=O)c2cccs2)cc1. The van der Waals surface area contributed by atoms with Gasteiger partial charge in [-0.25, -0.2) is 4.68 Å². The third-order valence-corrected chi connectivity index (χ3v) is 5.64. The van der Waals surface area contributed by atoms with Gasteiger partial charge >= 0.3 is 0 Å². The van der Waals surface area contributed by atoms with Crippen LogP contribution in [-0.4, -0.2) is 21.6 Å². The quantitative estimate of drug-likeness (QED) is 0.412. The minimum absolute atomic E-state index is 0.103. The maximum Gasteiger partial charge on any atom is 0.261 e. The van der Waals surface area contributed by atoms with Gasteiger partial charge in [-0.05, 0) is 57.2 Å². The van der Waals surface area contributed by atoms with Crippen molar-refractivity contribution in [2.75, 3.05) is 5.32 Å². The van der Waals surface area contributed by atoms with E-state index in [4.69, 9.17) is 0 Å². The van der Waals surface area contributed by atoms with E-state index >= 15 is 0 Å². The molecule has 0 bridgehead atoms. The van der Waals surface area contributed by atoms with E-state index in [0.717, 1.165) is 15.7 Å². The zero-order valence-corrected chi connectivity index (χ0v) is 18.1. The van der Waals surface area contributed by atoms with Gasteiger partial charge in [0.1, 0.15) is 0 Å². The van der Waals surface area contributed by atoms with Crippen molar-refractivity contribution in [2.24, 2.45) is 0 Å². The molecule has 2 aromatic carbocycles. The molecule has 0 aliphatic carbocycles. The summed E-state index contributed by atoms with van der Waals surface area (Å²) in [7, 11) is 0. The predicted octanol–water partition coefficient (Wildman–Crippen LogP) is 4.88. The number of anilines is 1. The molecule has 30 heavy (non-hydrogen) atoms. The minimum atomic E-state index is -0.220. The number of hydrogen-bond donors (Lipinski definition) is 2. The summed E-state index contributed by atoms with van der Waals surface area (Å²) in [6.45, 7) is 0.398. The van der Waals surface area contributed by atoms with E-state index in [1.807, 2.05) is 54.0 Å². The highest BCUT2D eigenvalue weighted by Crippen LogP contribution is 2.22. The number of para-hydroxylation sites is 2. The fourth-order valence-electron chi connectivity index (χ4n) is 2.86. The van der Waals surface area contributed by atoms with Crippen LogP contribution in [0.4, 0.5) is 5.69 Å². The second kappa shape index (κ2) is 9.06. The highest BCUT2D eigenvalue weighted by atomic mass is 79.9. The number of carbonyl (C=O) groups is 2. The first kappa shape index (κ1) is 20.1. The van der Waals surface area contributed by atoms with Crippen molar-refractivity contribution in [3.8, 4) is 5.69 Å². The zero-order valence-electron chi connectivity index (χ0n) is 15.7. The van der Waals surface area contributed by atoms with E-state index in [1.165, 1.54) is 11.3 Å². The molecule has 4 rings (SSSR count). The number of aromatic nitrogens is 2. The number of nitrogens with zero attached hydrogens (tertiary/aromatic N) is 2. The van der Waals surface area contributed by atoms with E-state index in [2.05, 4.69) is 31.7 Å². The van der Waals surface area contributed by atoms with Crippen LogP contribution < -0.4 is 10.6 Å². The summed E-state index contributed by atoms with van der Waals surface area (Å²) in [5.74, 6) is -0.323. The van der Waals surface area contributed by atoms with Crippen LogP contribution in [-0.2, 0) is 6.54 Å². The second-order valence-corrected chi connectivity index (χ2v) is 8.29. The van der Waals surface area contributed by atoms with Crippen LogP contribution >= 0.6 is 27.3 Å². The molecule has 2 heterocycles. The van der Waals surface area contributed by atoms with Crippen molar-refractivity contribution in [3.63, 3.8) is 0 Å². The van der Waals surface area contributed by atoms with Crippen molar-refractivity contribution < 1.29 is 9.59 Å². The first-order valence-corrected chi connectivity index (χ1v) is 10.8. The maximum absolute atomic E-state index is 12.7. The van der Waals surface area contributed by atoms with Crippen molar-refractivity contribution >= 4 is 44.8 Å². The molecule has 0 atom stereocenters. The summed E-state index contributed by atoms with van der Waals surface area (Å²) in [6.07, 6.45) is 3.51. The number of thiophene rings is 1. The van der Waals surface area contributed by atoms with Crippen molar-refractivity contribution in [1.29, 1.82) is 0 Å². The van der Waals surface area contributed by atoms with E-state index in [0.29, 0.717) is 22.7 Å². The van der Waals surface area contributed by atoms with Gasteiger partial charge in [-0.15, -0.1) is 11.3 Å². The summed E-state index contributed by atoms with van der Waals surface area (Å²) >= 11 is 4.79. The van der Waals surface area contributed by atoms with Crippen LogP contribution in [0.25, 0.3) is 5.69 Å². The Hall–Kier alpha value is -3.23. The lowest BCUT2D eigenvalue weighted by Crippen LogP contribution is -2.21. The fraction of sp³-hybridized carbons (Fsp3) is 0.0455. The molecule has 0 radical (unpaired) electrons. The first-order valence-electron chi connectivity index (χ1n) is 9.12. The lowest BCUT2D eigenvalue weighted by Gasteiger charge is -2.11. The Kier molecular flexibility index (Phi) is 6.06. The largest absolute Gasteiger partial charge is 0.347 e. The molecule has 6 nitrogen and oxygen atoms in total. The number of halogens is 1. The molecule has 2 aromatic heterocycles. The Morgan fingerprint density at radius 1 is 1.00 bits per heavy atom. The summed E-state index contributed by atoms with van der Waals surface area (Å²) in [4.78, 5) is 25.4. The Morgan fingerprint density at radius 3 is 2.50 bits per heavy atom. The highest BCUT2D eigenvalue weighted by molar-refractivity contribution is 9.10. The van der Waals surface area contributed by atoms with Gasteiger partial charge in [-0.1, -0.05) is 30.3 Å². The molecule has 8 heteroatoms. The van der Waals surface area contributed by atoms with Crippen LogP contribution in [0, 0.1) is 0 Å². The van der Waals surface area contributed by atoms with Crippen molar-refractivity contribution in [3.05, 3.63) is 98.9 Å². The molecule has 0 fully saturated rings. The van der Waals surface area contributed by atoms with E-state index in [-0.39, 0.29) is 11.8 Å². The third kappa shape index (κ3) is 4.67. The van der Waals surface area contributed by atoms with Crippen LogP contribution in [0.2, 0.25) is 0 Å². The zero-order chi connectivity index (χ0) is 20.9. The normalized spacial score (nSPS) is 10.6. The van der Waals surface area contributed by atoms with Crippen LogP contribution in [0.5, 0.6) is 0 Å². The topological polar surface area (TPSA) is 76.0 Å². The lowest BCUT2D eigenvalue weighted by molar-refractivity contribution is 0.0953. The van der Waals surface area contributed by atoms with Crippen LogP contribution in [0.1, 0.15) is 25.6 Å². The Bertz CT molecular complexity index is 1170. The van der Waals surface area contributed by atoms with Gasteiger partial charge in [-0.3, -0.25) is 9.59 Å². The standard InChI is InChI=1S/C22H17BrN4O2S/c23-17-13-25-27(14-17)19-5-2-1-4-18(19)26-21(28)16-9-7-15(8-10-16)12-24-22(29)20-6-3-11-30-20/h1-11,13-14H,12H2,(H,24,29)(H,26,28). The monoisotopic (exact) mass is 480 g/mol.